The van der Waals surface area contributed by atoms with Crippen LogP contribution in [0.2, 0.25) is 0 Å². The van der Waals surface area contributed by atoms with Crippen LogP contribution in [0.25, 0.3) is 0 Å². The second kappa shape index (κ2) is 5.57. The van der Waals surface area contributed by atoms with Crippen LogP contribution in [0.5, 0.6) is 0 Å². The average molecular weight is 206 g/mol. The molecule has 0 fully saturated rings. The van der Waals surface area contributed by atoms with Crippen molar-refractivity contribution in [3.8, 4) is 0 Å². The molecule has 2 N–H and O–H groups in total. The topological polar surface area (TPSA) is 26.0 Å². The van der Waals surface area contributed by atoms with Gasteiger partial charge in [-0.05, 0) is 17.4 Å². The number of halogens is 1. The first-order valence-corrected chi connectivity index (χ1v) is 4.92. The zero-order valence-corrected chi connectivity index (χ0v) is 9.12. The average Bonchev–Trinajstić information content (AvgIpc) is 2.53. The summed E-state index contributed by atoms with van der Waals surface area (Å²) < 4.78 is 0. The molecule has 1 aromatic heterocycles. The number of nitrogens with two attached hydrogens (primary N) is 1. The molecule has 1 unspecified atom stereocenters. The summed E-state index contributed by atoms with van der Waals surface area (Å²) in [6.07, 6.45) is 1.15. The van der Waals surface area contributed by atoms with Crippen LogP contribution in [-0.2, 0) is 0 Å². The number of hydrogen-bond acceptors (Lipinski definition) is 2. The predicted molar refractivity (Wildman–Crippen MR) is 58.0 cm³/mol. The van der Waals surface area contributed by atoms with Crippen LogP contribution in [0.1, 0.15) is 31.2 Å². The first-order chi connectivity index (χ1) is 5.25. The molecule has 12 heavy (non-hydrogen) atoms. The van der Waals surface area contributed by atoms with E-state index in [2.05, 4.69) is 31.4 Å². The van der Waals surface area contributed by atoms with Crippen LogP contribution in [-0.4, -0.2) is 0 Å². The fraction of sp³-hybridized carbons (Fsp3) is 0.556. The molecule has 1 nitrogen and oxygen atoms in total. The predicted octanol–water partition coefficient (Wildman–Crippen LogP) is 3.22. The van der Waals surface area contributed by atoms with Crippen molar-refractivity contribution >= 4 is 23.7 Å². The van der Waals surface area contributed by atoms with E-state index in [0.29, 0.717) is 5.92 Å². The lowest BCUT2D eigenvalue weighted by molar-refractivity contribution is 0.462. The Hall–Kier alpha value is -0.0500. The summed E-state index contributed by atoms with van der Waals surface area (Å²) in [5.74, 6) is 0.591. The molecule has 0 saturated heterocycles. The van der Waals surface area contributed by atoms with Crippen LogP contribution < -0.4 is 5.73 Å². The molecule has 0 bridgehead atoms. The highest BCUT2D eigenvalue weighted by molar-refractivity contribution is 7.10. The van der Waals surface area contributed by atoms with Gasteiger partial charge in [0.25, 0.3) is 0 Å². The standard InChI is InChI=1S/C9H15NS.ClH/c1-3-7(2)9(10)8-5-4-6-11-8;/h4-7,9H,3,10H2,1-2H3;1H/t7?,9-;/m0./s1. The number of hydrogen-bond donors (Lipinski definition) is 1. The molecule has 70 valence electrons. The van der Waals surface area contributed by atoms with E-state index in [-0.39, 0.29) is 18.4 Å². The highest BCUT2D eigenvalue weighted by Gasteiger charge is 2.12. The van der Waals surface area contributed by atoms with E-state index in [1.165, 1.54) is 4.88 Å². The smallest absolute Gasteiger partial charge is 0.0415 e. The second-order valence-corrected chi connectivity index (χ2v) is 3.91. The third kappa shape index (κ3) is 2.77. The molecule has 0 aliphatic heterocycles. The molecule has 0 spiro atoms. The van der Waals surface area contributed by atoms with Gasteiger partial charge in [-0.3, -0.25) is 0 Å². The quantitative estimate of drug-likeness (QED) is 0.806. The van der Waals surface area contributed by atoms with Crippen LogP contribution in [0.4, 0.5) is 0 Å². The minimum Gasteiger partial charge on any atom is -0.323 e. The van der Waals surface area contributed by atoms with Gasteiger partial charge in [-0.1, -0.05) is 26.3 Å². The van der Waals surface area contributed by atoms with Crippen molar-refractivity contribution in [2.24, 2.45) is 11.7 Å². The summed E-state index contributed by atoms with van der Waals surface area (Å²) in [4.78, 5) is 1.30. The lowest BCUT2D eigenvalue weighted by Gasteiger charge is -2.15. The summed E-state index contributed by atoms with van der Waals surface area (Å²) >= 11 is 1.75. The van der Waals surface area contributed by atoms with Gasteiger partial charge < -0.3 is 5.73 Å². The summed E-state index contributed by atoms with van der Waals surface area (Å²) in [6.45, 7) is 4.38. The Kier molecular flexibility index (Phi) is 5.55. The molecule has 0 aliphatic rings. The van der Waals surface area contributed by atoms with Gasteiger partial charge in [0.2, 0.25) is 0 Å². The maximum Gasteiger partial charge on any atom is 0.0415 e. The van der Waals surface area contributed by atoms with Crippen LogP contribution >= 0.6 is 23.7 Å². The van der Waals surface area contributed by atoms with Crippen molar-refractivity contribution in [1.29, 1.82) is 0 Å². The third-order valence-corrected chi connectivity index (χ3v) is 3.10. The number of thiophene rings is 1. The van der Waals surface area contributed by atoms with Gasteiger partial charge in [0, 0.05) is 10.9 Å². The molecule has 0 aliphatic carbocycles. The SMILES string of the molecule is CCC(C)[C@H](N)c1cccs1.Cl. The molecule has 0 amide bonds. The van der Waals surface area contributed by atoms with E-state index in [1.54, 1.807) is 11.3 Å². The molecule has 3 heteroatoms. The molecular formula is C9H16ClNS. The van der Waals surface area contributed by atoms with Gasteiger partial charge in [0.05, 0.1) is 0 Å². The van der Waals surface area contributed by atoms with Crippen molar-refractivity contribution in [3.05, 3.63) is 22.4 Å². The van der Waals surface area contributed by atoms with Gasteiger partial charge in [0.15, 0.2) is 0 Å². The third-order valence-electron chi connectivity index (χ3n) is 2.13. The lowest BCUT2D eigenvalue weighted by Crippen LogP contribution is -2.16. The van der Waals surface area contributed by atoms with Crippen molar-refractivity contribution in [3.63, 3.8) is 0 Å². The molecule has 0 saturated carbocycles. The molecule has 2 atom stereocenters. The first-order valence-electron chi connectivity index (χ1n) is 4.04. The normalized spacial score (nSPS) is 14.9. The van der Waals surface area contributed by atoms with E-state index in [9.17, 15) is 0 Å². The summed E-state index contributed by atoms with van der Waals surface area (Å²) in [5.41, 5.74) is 6.00. The summed E-state index contributed by atoms with van der Waals surface area (Å²) in [5, 5.41) is 2.08. The Morgan fingerprint density at radius 1 is 1.58 bits per heavy atom. The van der Waals surface area contributed by atoms with E-state index in [4.69, 9.17) is 5.73 Å². The zero-order valence-electron chi connectivity index (χ0n) is 7.49. The van der Waals surface area contributed by atoms with E-state index >= 15 is 0 Å². The summed E-state index contributed by atoms with van der Waals surface area (Å²) in [6, 6.07) is 4.41. The Morgan fingerprint density at radius 2 is 2.25 bits per heavy atom. The number of rotatable bonds is 3. The van der Waals surface area contributed by atoms with E-state index in [1.807, 2.05) is 0 Å². The Bertz CT molecular complexity index is 198. The minimum absolute atomic E-state index is 0. The van der Waals surface area contributed by atoms with Crippen LogP contribution in [0.3, 0.4) is 0 Å². The Balaban J connectivity index is 0.00000121. The Morgan fingerprint density at radius 3 is 2.67 bits per heavy atom. The molecule has 0 radical (unpaired) electrons. The van der Waals surface area contributed by atoms with E-state index in [0.717, 1.165) is 6.42 Å². The highest BCUT2D eigenvalue weighted by atomic mass is 35.5. The molecule has 1 heterocycles. The zero-order chi connectivity index (χ0) is 8.27. The van der Waals surface area contributed by atoms with Gasteiger partial charge in [-0.25, -0.2) is 0 Å². The van der Waals surface area contributed by atoms with Gasteiger partial charge in [-0.15, -0.1) is 23.7 Å². The lowest BCUT2D eigenvalue weighted by atomic mass is 9.99. The van der Waals surface area contributed by atoms with Gasteiger partial charge in [0.1, 0.15) is 0 Å². The largest absolute Gasteiger partial charge is 0.323 e. The first kappa shape index (κ1) is 11.9. The highest BCUT2D eigenvalue weighted by Crippen LogP contribution is 2.24. The molecular weight excluding hydrogens is 190 g/mol. The maximum atomic E-state index is 6.00. The maximum absolute atomic E-state index is 6.00. The van der Waals surface area contributed by atoms with Crippen molar-refractivity contribution in [2.75, 3.05) is 0 Å². The monoisotopic (exact) mass is 205 g/mol. The van der Waals surface area contributed by atoms with Crippen molar-refractivity contribution in [1.82, 2.24) is 0 Å². The van der Waals surface area contributed by atoms with Crippen molar-refractivity contribution < 1.29 is 0 Å². The Labute approximate surface area is 84.4 Å². The summed E-state index contributed by atoms with van der Waals surface area (Å²) in [7, 11) is 0. The van der Waals surface area contributed by atoms with Crippen LogP contribution in [0, 0.1) is 5.92 Å². The fourth-order valence-corrected chi connectivity index (χ4v) is 1.88. The molecule has 0 aromatic carbocycles. The van der Waals surface area contributed by atoms with Crippen molar-refractivity contribution in [2.45, 2.75) is 26.3 Å². The van der Waals surface area contributed by atoms with Gasteiger partial charge >= 0.3 is 0 Å². The van der Waals surface area contributed by atoms with Crippen LogP contribution in [0.15, 0.2) is 17.5 Å². The molecule has 1 rings (SSSR count). The van der Waals surface area contributed by atoms with Gasteiger partial charge in [-0.2, -0.15) is 0 Å². The minimum atomic E-state index is 0. The van der Waals surface area contributed by atoms with E-state index < -0.39 is 0 Å². The second-order valence-electron chi connectivity index (χ2n) is 2.93. The fourth-order valence-electron chi connectivity index (χ4n) is 1.02. The molecule has 1 aromatic rings.